The van der Waals surface area contributed by atoms with Gasteiger partial charge in [0.25, 0.3) is 0 Å². The van der Waals surface area contributed by atoms with Crippen LogP contribution in [-0.2, 0) is 27.8 Å². The number of benzene rings is 2. The summed E-state index contributed by atoms with van der Waals surface area (Å²) in [5, 5.41) is 8.09. The zero-order chi connectivity index (χ0) is 22.0. The lowest BCUT2D eigenvalue weighted by atomic mass is 10.2. The highest BCUT2D eigenvalue weighted by Gasteiger charge is 2.16. The quantitative estimate of drug-likeness (QED) is 0.601. The maximum absolute atomic E-state index is 12.5. The third-order valence-electron chi connectivity index (χ3n) is 5.05. The van der Waals surface area contributed by atoms with Crippen LogP contribution in [0.15, 0.2) is 41.3 Å². The summed E-state index contributed by atoms with van der Waals surface area (Å²) in [6.45, 7) is 3.79. The standard InChI is InChI=1S/C21H24N4O5S/c1-2-25-17-6-5-15(31(22,27)28)13-16(17)24-20(25)8-9-21(26)23-14-4-7-18-19(12-14)30-11-3-10-29-18/h4-7,12-13H,2-3,8-11H2,1H3,(H,23,26)(H2,22,27,28). The van der Waals surface area contributed by atoms with E-state index in [9.17, 15) is 13.2 Å². The number of aromatic nitrogens is 2. The third-order valence-corrected chi connectivity index (χ3v) is 5.96. The van der Waals surface area contributed by atoms with Gasteiger partial charge < -0.3 is 19.4 Å². The molecule has 0 saturated carbocycles. The molecule has 10 heteroatoms. The van der Waals surface area contributed by atoms with Gasteiger partial charge in [0, 0.05) is 37.6 Å². The number of fused-ring (bicyclic) bond motifs is 2. The van der Waals surface area contributed by atoms with Gasteiger partial charge in [-0.3, -0.25) is 4.79 Å². The average molecular weight is 445 g/mol. The van der Waals surface area contributed by atoms with Crippen molar-refractivity contribution in [1.29, 1.82) is 0 Å². The summed E-state index contributed by atoms with van der Waals surface area (Å²) in [5.41, 5.74) is 1.97. The zero-order valence-corrected chi connectivity index (χ0v) is 17.9. The molecular formula is C21H24N4O5S. The molecule has 164 valence electrons. The SMILES string of the molecule is CCn1c(CCC(=O)Nc2ccc3c(c2)OCCCO3)nc2cc(S(N)(=O)=O)ccc21. The van der Waals surface area contributed by atoms with E-state index in [1.165, 1.54) is 12.1 Å². The van der Waals surface area contributed by atoms with Crippen molar-refractivity contribution in [2.24, 2.45) is 5.14 Å². The van der Waals surface area contributed by atoms with Gasteiger partial charge in [-0.2, -0.15) is 0 Å². The minimum absolute atomic E-state index is 0.0134. The van der Waals surface area contributed by atoms with Crippen LogP contribution >= 0.6 is 0 Å². The molecule has 31 heavy (non-hydrogen) atoms. The van der Waals surface area contributed by atoms with Crippen LogP contribution in [-0.4, -0.2) is 37.1 Å². The van der Waals surface area contributed by atoms with E-state index in [1.54, 1.807) is 24.3 Å². The number of carbonyl (C=O) groups is 1. The number of hydrogen-bond acceptors (Lipinski definition) is 6. The lowest BCUT2D eigenvalue weighted by Gasteiger charge is -2.11. The highest BCUT2D eigenvalue weighted by atomic mass is 32.2. The molecule has 1 amide bonds. The number of rotatable bonds is 6. The Balaban J connectivity index is 1.47. The molecule has 0 fully saturated rings. The van der Waals surface area contributed by atoms with Crippen molar-refractivity contribution in [1.82, 2.24) is 9.55 Å². The molecule has 3 N–H and O–H groups in total. The fourth-order valence-electron chi connectivity index (χ4n) is 3.57. The second kappa shape index (κ2) is 8.56. The number of ether oxygens (including phenoxy) is 2. The Labute approximate surface area is 180 Å². The van der Waals surface area contributed by atoms with Crippen LogP contribution in [0.2, 0.25) is 0 Å². The first kappa shape index (κ1) is 21.1. The van der Waals surface area contributed by atoms with Crippen molar-refractivity contribution in [2.75, 3.05) is 18.5 Å². The summed E-state index contributed by atoms with van der Waals surface area (Å²) in [4.78, 5) is 17.1. The van der Waals surface area contributed by atoms with E-state index in [-0.39, 0.29) is 17.2 Å². The Bertz CT molecular complexity index is 1240. The van der Waals surface area contributed by atoms with E-state index in [0.29, 0.717) is 54.7 Å². The number of anilines is 1. The number of hydrogen-bond donors (Lipinski definition) is 2. The van der Waals surface area contributed by atoms with Gasteiger partial charge in [-0.25, -0.2) is 18.5 Å². The van der Waals surface area contributed by atoms with Gasteiger partial charge in [-0.05, 0) is 37.3 Å². The van der Waals surface area contributed by atoms with Gasteiger partial charge in [0.15, 0.2) is 11.5 Å². The molecule has 2 heterocycles. The topological polar surface area (TPSA) is 126 Å². The van der Waals surface area contributed by atoms with Crippen molar-refractivity contribution in [3.8, 4) is 11.5 Å². The van der Waals surface area contributed by atoms with Gasteiger partial charge >= 0.3 is 0 Å². The zero-order valence-electron chi connectivity index (χ0n) is 17.1. The molecule has 1 aliphatic rings. The van der Waals surface area contributed by atoms with Crippen LogP contribution < -0.4 is 19.9 Å². The first-order chi connectivity index (χ1) is 14.8. The summed E-state index contributed by atoms with van der Waals surface area (Å²) in [7, 11) is -3.81. The molecule has 0 atom stereocenters. The summed E-state index contributed by atoms with van der Waals surface area (Å²) in [6, 6.07) is 9.93. The Morgan fingerprint density at radius 3 is 2.68 bits per heavy atom. The van der Waals surface area contributed by atoms with E-state index in [0.717, 1.165) is 11.9 Å². The molecule has 1 aromatic heterocycles. The minimum Gasteiger partial charge on any atom is -0.490 e. The largest absolute Gasteiger partial charge is 0.490 e. The first-order valence-electron chi connectivity index (χ1n) is 10.1. The molecule has 0 aliphatic carbocycles. The Morgan fingerprint density at radius 2 is 1.94 bits per heavy atom. The van der Waals surface area contributed by atoms with E-state index < -0.39 is 10.0 Å². The number of amides is 1. The fourth-order valence-corrected chi connectivity index (χ4v) is 4.10. The maximum Gasteiger partial charge on any atom is 0.238 e. The molecular weight excluding hydrogens is 420 g/mol. The molecule has 3 aromatic rings. The Hall–Kier alpha value is -3.11. The van der Waals surface area contributed by atoms with Crippen LogP contribution in [0, 0.1) is 0 Å². The van der Waals surface area contributed by atoms with E-state index >= 15 is 0 Å². The smallest absolute Gasteiger partial charge is 0.238 e. The van der Waals surface area contributed by atoms with Gasteiger partial charge in [-0.1, -0.05) is 0 Å². The molecule has 9 nitrogen and oxygen atoms in total. The number of nitrogens with zero attached hydrogens (tertiary/aromatic N) is 2. The van der Waals surface area contributed by atoms with Crippen molar-refractivity contribution < 1.29 is 22.7 Å². The van der Waals surface area contributed by atoms with Crippen molar-refractivity contribution in [2.45, 2.75) is 37.6 Å². The summed E-state index contributed by atoms with van der Waals surface area (Å²) < 4.78 is 36.4. The summed E-state index contributed by atoms with van der Waals surface area (Å²) >= 11 is 0. The van der Waals surface area contributed by atoms with Crippen molar-refractivity contribution >= 4 is 32.7 Å². The van der Waals surface area contributed by atoms with Crippen LogP contribution in [0.4, 0.5) is 5.69 Å². The number of nitrogens with two attached hydrogens (primary N) is 1. The molecule has 1 aliphatic heterocycles. The number of imidazole rings is 1. The fraction of sp³-hybridized carbons (Fsp3) is 0.333. The molecule has 0 unspecified atom stereocenters. The van der Waals surface area contributed by atoms with Crippen LogP contribution in [0.1, 0.15) is 25.6 Å². The lowest BCUT2D eigenvalue weighted by molar-refractivity contribution is -0.116. The van der Waals surface area contributed by atoms with Crippen LogP contribution in [0.5, 0.6) is 11.5 Å². The third kappa shape index (κ3) is 4.64. The number of carbonyl (C=O) groups excluding carboxylic acids is 1. The highest BCUT2D eigenvalue weighted by molar-refractivity contribution is 7.89. The van der Waals surface area contributed by atoms with Gasteiger partial charge in [-0.15, -0.1) is 0 Å². The number of sulfonamides is 1. The second-order valence-corrected chi connectivity index (χ2v) is 8.79. The first-order valence-corrected chi connectivity index (χ1v) is 11.6. The minimum atomic E-state index is -3.81. The molecule has 0 spiro atoms. The summed E-state index contributed by atoms with van der Waals surface area (Å²) in [6.07, 6.45) is 1.44. The van der Waals surface area contributed by atoms with Gasteiger partial charge in [0.05, 0.1) is 29.1 Å². The monoisotopic (exact) mass is 444 g/mol. The molecule has 4 rings (SSSR count). The maximum atomic E-state index is 12.5. The van der Waals surface area contributed by atoms with Crippen LogP contribution in [0.25, 0.3) is 11.0 Å². The van der Waals surface area contributed by atoms with E-state index in [2.05, 4.69) is 10.3 Å². The number of aryl methyl sites for hydroxylation is 2. The number of primary sulfonamides is 1. The van der Waals surface area contributed by atoms with Gasteiger partial charge in [0.1, 0.15) is 5.82 Å². The summed E-state index contributed by atoms with van der Waals surface area (Å²) in [5.74, 6) is 1.84. The normalized spacial score (nSPS) is 13.7. The predicted molar refractivity (Wildman–Crippen MR) is 116 cm³/mol. The Kier molecular flexibility index (Phi) is 5.84. The van der Waals surface area contributed by atoms with E-state index in [1.807, 2.05) is 11.5 Å². The van der Waals surface area contributed by atoms with Crippen molar-refractivity contribution in [3.63, 3.8) is 0 Å². The van der Waals surface area contributed by atoms with E-state index in [4.69, 9.17) is 14.6 Å². The van der Waals surface area contributed by atoms with Crippen LogP contribution in [0.3, 0.4) is 0 Å². The highest BCUT2D eigenvalue weighted by Crippen LogP contribution is 2.32. The lowest BCUT2D eigenvalue weighted by Crippen LogP contribution is -2.14. The molecule has 0 saturated heterocycles. The molecule has 0 bridgehead atoms. The predicted octanol–water partition coefficient (Wildman–Crippen LogP) is 2.44. The average Bonchev–Trinajstić information content (AvgIpc) is 2.92. The number of nitrogens with one attached hydrogen (secondary N) is 1. The van der Waals surface area contributed by atoms with Gasteiger partial charge in [0.2, 0.25) is 15.9 Å². The second-order valence-electron chi connectivity index (χ2n) is 7.23. The molecule has 2 aromatic carbocycles. The molecule has 0 radical (unpaired) electrons. The van der Waals surface area contributed by atoms with Crippen molar-refractivity contribution in [3.05, 3.63) is 42.2 Å². The Morgan fingerprint density at radius 1 is 1.16 bits per heavy atom.